The van der Waals surface area contributed by atoms with Gasteiger partial charge in [0.2, 0.25) is 0 Å². The molecule has 0 aromatic carbocycles. The summed E-state index contributed by atoms with van der Waals surface area (Å²) in [5.41, 5.74) is 0. The number of halogens is 1. The van der Waals surface area contributed by atoms with Crippen LogP contribution in [-0.4, -0.2) is 35.1 Å². The molecule has 0 rings (SSSR count). The zero-order valence-electron chi connectivity index (χ0n) is 3.70. The van der Waals surface area contributed by atoms with Crippen LogP contribution in [0, 0.1) is 0 Å². The molecule has 3 heteroatoms. The molecule has 0 aliphatic carbocycles. The Labute approximate surface area is 68.4 Å². The fraction of sp³-hybridized carbons (Fsp3) is 0.333. The van der Waals surface area contributed by atoms with Crippen LogP contribution in [0.2, 0.25) is 0 Å². The van der Waals surface area contributed by atoms with Gasteiger partial charge in [-0.1, -0.05) is 0 Å². The minimum atomic E-state index is 0. The van der Waals surface area contributed by atoms with Crippen LogP contribution in [0.1, 0.15) is 6.92 Å². The summed E-state index contributed by atoms with van der Waals surface area (Å²) in [6.45, 7) is 5.83. The largest absolute Gasteiger partial charge is 1.00 e. The van der Waals surface area contributed by atoms with Crippen molar-refractivity contribution in [2.75, 3.05) is 0 Å². The summed E-state index contributed by atoms with van der Waals surface area (Å²) in [5.74, 6) is 0. The van der Waals surface area contributed by atoms with Crippen molar-refractivity contribution < 1.29 is 17.0 Å². The van der Waals surface area contributed by atoms with E-state index in [4.69, 9.17) is 0 Å². The molecule has 0 spiro atoms. The van der Waals surface area contributed by atoms with Gasteiger partial charge in [0.05, 0.1) is 0 Å². The first-order chi connectivity index (χ1) is 2.27. The first kappa shape index (κ1) is 10.7. The van der Waals surface area contributed by atoms with Crippen molar-refractivity contribution in [3.8, 4) is 0 Å². The summed E-state index contributed by atoms with van der Waals surface area (Å²) in [6, 6.07) is 0. The van der Waals surface area contributed by atoms with Gasteiger partial charge in [-0.3, -0.25) is 0 Å². The molecular weight excluding hydrogens is 268 g/mol. The van der Waals surface area contributed by atoms with Crippen LogP contribution in [0.5, 0.6) is 0 Å². The molecule has 0 saturated carbocycles. The van der Waals surface area contributed by atoms with E-state index in [2.05, 4.69) is 31.4 Å². The van der Waals surface area contributed by atoms with Crippen LogP contribution < -0.4 is 17.0 Å². The van der Waals surface area contributed by atoms with Crippen LogP contribution in [0.3, 0.4) is 0 Å². The molecule has 0 atom stereocenters. The van der Waals surface area contributed by atoms with Gasteiger partial charge in [0, 0.05) is 0 Å². The van der Waals surface area contributed by atoms with E-state index >= 15 is 0 Å². The Kier molecular flexibility index (Phi) is 12.1. The molecule has 0 aliphatic rings. The molecule has 0 N–H and O–H groups in total. The predicted molar refractivity (Wildman–Crippen MR) is 26.3 cm³/mol. The Hall–Kier alpha value is 1.78. The molecular formula is C3H5BrMgTe. The molecule has 0 amide bonds. The summed E-state index contributed by atoms with van der Waals surface area (Å²) < 4.78 is 1.40. The zero-order chi connectivity index (χ0) is 4.28. The molecule has 0 unspecified atom stereocenters. The maximum absolute atomic E-state index is 3.74. The van der Waals surface area contributed by atoms with E-state index < -0.39 is 0 Å². The quantitative estimate of drug-likeness (QED) is 0.456. The molecule has 6 heavy (non-hydrogen) atoms. The van der Waals surface area contributed by atoms with Crippen molar-refractivity contribution in [3.05, 3.63) is 10.2 Å². The summed E-state index contributed by atoms with van der Waals surface area (Å²) in [7, 11) is 0. The van der Waals surface area contributed by atoms with E-state index in [1.54, 1.807) is 0 Å². The molecule has 0 nitrogen and oxygen atoms in total. The van der Waals surface area contributed by atoms with Gasteiger partial charge in [0.1, 0.15) is 0 Å². The van der Waals surface area contributed by atoms with E-state index in [0.29, 0.717) is 0 Å². The third-order valence-corrected chi connectivity index (χ3v) is 4.96. The Bertz CT molecular complexity index is 46.1. The topological polar surface area (TPSA) is 0 Å². The molecule has 0 heterocycles. The molecule has 0 aromatic rings. The maximum Gasteiger partial charge on any atom is -1.00 e. The van der Waals surface area contributed by atoms with E-state index in [1.165, 1.54) is 3.62 Å². The van der Waals surface area contributed by atoms with Gasteiger partial charge in [-0.2, -0.15) is 0 Å². The van der Waals surface area contributed by atoms with Gasteiger partial charge in [-0.05, 0) is 0 Å². The average molecular weight is 273 g/mol. The number of allylic oxidation sites excluding steroid dienone is 1. The van der Waals surface area contributed by atoms with Gasteiger partial charge in [0.15, 0.2) is 0 Å². The Balaban J connectivity index is 0. The third-order valence-electron chi connectivity index (χ3n) is 0.246. The van der Waals surface area contributed by atoms with Crippen molar-refractivity contribution in [2.45, 2.75) is 6.92 Å². The Morgan fingerprint density at radius 3 is 2.00 bits per heavy atom. The molecule has 0 fully saturated rings. The SMILES string of the molecule is C=C(C)[Te][Mg+].[Br-]. The van der Waals surface area contributed by atoms with Gasteiger partial charge in [0.25, 0.3) is 0 Å². The number of hydrogen-bond acceptors (Lipinski definition) is 0. The normalized spacial score (nSPS) is 6.50. The number of rotatable bonds is 1. The van der Waals surface area contributed by atoms with E-state index in [1.807, 2.05) is 0 Å². The summed E-state index contributed by atoms with van der Waals surface area (Å²) in [6.07, 6.45) is 0. The smallest absolute Gasteiger partial charge is 1.00 e. The van der Waals surface area contributed by atoms with Crippen LogP contribution in [0.15, 0.2) is 10.2 Å². The predicted octanol–water partition coefficient (Wildman–Crippen LogP) is -2.69. The first-order valence-corrected chi connectivity index (χ1v) is 8.03. The minimum Gasteiger partial charge on any atom is -1.00 e. The van der Waals surface area contributed by atoms with E-state index in [9.17, 15) is 0 Å². The second-order valence-corrected chi connectivity index (χ2v) is 5.60. The molecule has 0 radical (unpaired) electrons. The van der Waals surface area contributed by atoms with Crippen molar-refractivity contribution in [1.29, 1.82) is 0 Å². The van der Waals surface area contributed by atoms with Crippen LogP contribution >= 0.6 is 0 Å². The third kappa shape index (κ3) is 9.24. The first-order valence-electron chi connectivity index (χ1n) is 1.35. The average Bonchev–Trinajstić information content (AvgIpc) is 1.38. The monoisotopic (exact) mass is 274 g/mol. The molecule has 0 saturated heterocycles. The number of hydrogen-bond donors (Lipinski definition) is 0. The Morgan fingerprint density at radius 2 is 2.00 bits per heavy atom. The minimum absolute atomic E-state index is 0. The second kappa shape index (κ2) is 6.78. The summed E-state index contributed by atoms with van der Waals surface area (Å²) in [4.78, 5) is 0. The van der Waals surface area contributed by atoms with Crippen molar-refractivity contribution in [1.82, 2.24) is 0 Å². The summed E-state index contributed by atoms with van der Waals surface area (Å²) >= 11 is 2.31. The van der Waals surface area contributed by atoms with Crippen LogP contribution in [0.25, 0.3) is 0 Å². The van der Waals surface area contributed by atoms with Crippen LogP contribution in [-0.2, 0) is 0 Å². The van der Waals surface area contributed by atoms with E-state index in [-0.39, 0.29) is 34.2 Å². The zero-order valence-corrected chi connectivity index (χ0v) is 9.03. The van der Waals surface area contributed by atoms with Gasteiger partial charge in [-0.15, -0.1) is 0 Å². The fourth-order valence-corrected chi connectivity index (χ4v) is 0. The fourth-order valence-electron chi connectivity index (χ4n) is 0. The van der Waals surface area contributed by atoms with Crippen molar-refractivity contribution >= 4 is 35.1 Å². The Morgan fingerprint density at radius 1 is 1.83 bits per heavy atom. The molecule has 0 bridgehead atoms. The molecule has 0 aromatic heterocycles. The maximum atomic E-state index is 3.74. The second-order valence-electron chi connectivity index (χ2n) is 0.846. The molecule has 0 aliphatic heterocycles. The molecule has 32 valence electrons. The summed E-state index contributed by atoms with van der Waals surface area (Å²) in [5, 5.41) is 0. The van der Waals surface area contributed by atoms with Gasteiger partial charge >= 0.3 is 52.2 Å². The van der Waals surface area contributed by atoms with Crippen molar-refractivity contribution in [3.63, 3.8) is 0 Å². The van der Waals surface area contributed by atoms with Crippen molar-refractivity contribution in [2.24, 2.45) is 0 Å². The van der Waals surface area contributed by atoms with Gasteiger partial charge in [-0.25, -0.2) is 0 Å². The van der Waals surface area contributed by atoms with Gasteiger partial charge < -0.3 is 17.0 Å². The van der Waals surface area contributed by atoms with E-state index in [0.717, 1.165) is 0 Å². The standard InChI is InChI=1S/C3H6Te.BrH.Mg/c1-3(2)4;;/h4H,1H2,2H3;1H;/q;;+2/p-2. The van der Waals surface area contributed by atoms with Crippen LogP contribution in [0.4, 0.5) is 0 Å².